The molecule has 0 aromatic carbocycles. The largest absolute Gasteiger partial charge is 0.478 e. The molecule has 0 spiro atoms. The molecule has 7 nitrogen and oxygen atoms in total. The monoisotopic (exact) mass is 411 g/mol. The number of hydrazone groups is 1. The zero-order chi connectivity index (χ0) is 20.5. The van der Waals surface area contributed by atoms with Gasteiger partial charge in [-0.15, -0.1) is 11.3 Å². The fraction of sp³-hybridized carbons (Fsp3) is 0.286. The molecule has 4 rings (SSSR count). The van der Waals surface area contributed by atoms with Crippen molar-refractivity contribution in [3.8, 4) is 5.00 Å². The maximum Gasteiger partial charge on any atom is 0.339 e. The van der Waals surface area contributed by atoms with Crippen LogP contribution in [0.4, 0.5) is 0 Å². The maximum absolute atomic E-state index is 12.0. The van der Waals surface area contributed by atoms with E-state index in [1.54, 1.807) is 29.7 Å². The molecule has 150 valence electrons. The number of nitrogens with zero attached hydrogens (tertiary/aromatic N) is 2. The van der Waals surface area contributed by atoms with Crippen LogP contribution in [0.25, 0.3) is 5.00 Å². The van der Waals surface area contributed by atoms with Gasteiger partial charge in [-0.2, -0.15) is 5.10 Å². The van der Waals surface area contributed by atoms with Gasteiger partial charge in [-0.05, 0) is 63.3 Å². The van der Waals surface area contributed by atoms with E-state index in [-0.39, 0.29) is 5.76 Å². The molecule has 0 fully saturated rings. The molecule has 2 N–H and O–H groups in total. The number of aryl methyl sites for hydroxylation is 2. The fourth-order valence-corrected chi connectivity index (χ4v) is 5.28. The van der Waals surface area contributed by atoms with Crippen molar-refractivity contribution in [1.29, 1.82) is 0 Å². The highest BCUT2D eigenvalue weighted by molar-refractivity contribution is 7.15. The van der Waals surface area contributed by atoms with Crippen LogP contribution >= 0.6 is 11.3 Å². The lowest BCUT2D eigenvalue weighted by atomic mass is 9.95. The number of hydrogen-bond donors (Lipinski definition) is 2. The van der Waals surface area contributed by atoms with Crippen molar-refractivity contribution in [2.45, 2.75) is 39.5 Å². The highest BCUT2D eigenvalue weighted by atomic mass is 32.1. The number of carbonyl (C=O) groups excluding carboxylic acids is 1. The van der Waals surface area contributed by atoms with E-state index >= 15 is 0 Å². The summed E-state index contributed by atoms with van der Waals surface area (Å²) in [4.78, 5) is 25.1. The number of carboxylic acids is 1. The fourth-order valence-electron chi connectivity index (χ4n) is 3.78. The van der Waals surface area contributed by atoms with Crippen LogP contribution in [-0.2, 0) is 12.8 Å². The smallest absolute Gasteiger partial charge is 0.339 e. The molecule has 1 amide bonds. The van der Waals surface area contributed by atoms with Gasteiger partial charge in [0.15, 0.2) is 5.76 Å². The number of carboxylic acid groups (broad SMARTS) is 1. The Morgan fingerprint density at radius 1 is 1.31 bits per heavy atom. The number of hydrogen-bond acceptors (Lipinski definition) is 5. The van der Waals surface area contributed by atoms with E-state index < -0.39 is 11.9 Å². The van der Waals surface area contributed by atoms with E-state index in [9.17, 15) is 14.7 Å². The Labute approximate surface area is 171 Å². The van der Waals surface area contributed by atoms with Crippen LogP contribution in [0.5, 0.6) is 0 Å². The van der Waals surface area contributed by atoms with Crippen LogP contribution in [0.3, 0.4) is 0 Å². The third-order valence-corrected chi connectivity index (χ3v) is 6.43. The van der Waals surface area contributed by atoms with Gasteiger partial charge in [0, 0.05) is 21.8 Å². The summed E-state index contributed by atoms with van der Waals surface area (Å²) in [7, 11) is 0. The summed E-state index contributed by atoms with van der Waals surface area (Å²) in [6, 6.07) is 5.12. The number of rotatable bonds is 5. The minimum atomic E-state index is -0.882. The van der Waals surface area contributed by atoms with Gasteiger partial charge in [0.05, 0.1) is 18.0 Å². The number of aromatic carboxylic acids is 1. The van der Waals surface area contributed by atoms with Gasteiger partial charge in [0.2, 0.25) is 0 Å². The molecule has 8 heteroatoms. The van der Waals surface area contributed by atoms with Gasteiger partial charge in [0.25, 0.3) is 0 Å². The molecule has 1 aliphatic carbocycles. The first-order valence-corrected chi connectivity index (χ1v) is 10.2. The number of fused-ring (bicyclic) bond motifs is 1. The standard InChI is InChI=1S/C21H21N3O4S/c1-12-10-14(11-22-23-19(25)16-7-5-9-28-16)13(2)24(12)20-18(21(26)27)15-6-3-4-8-17(15)29-20/h5,7,9-11H,3-4,6,8H2,1-2H3,(H,23,25)(H,26,27)/b22-11+. The lowest BCUT2D eigenvalue weighted by Gasteiger charge is -2.11. The second-order valence-corrected chi connectivity index (χ2v) is 8.12. The van der Waals surface area contributed by atoms with E-state index in [1.165, 1.54) is 11.1 Å². The third-order valence-electron chi connectivity index (χ3n) is 5.15. The second kappa shape index (κ2) is 7.71. The molecular formula is C21H21N3O4S. The van der Waals surface area contributed by atoms with Gasteiger partial charge in [0.1, 0.15) is 5.00 Å². The zero-order valence-electron chi connectivity index (χ0n) is 16.2. The molecule has 29 heavy (non-hydrogen) atoms. The average Bonchev–Trinajstić information content (AvgIpc) is 3.39. The summed E-state index contributed by atoms with van der Waals surface area (Å²) in [5.41, 5.74) is 6.44. The van der Waals surface area contributed by atoms with Crippen molar-refractivity contribution in [3.05, 3.63) is 63.2 Å². The van der Waals surface area contributed by atoms with E-state index in [0.29, 0.717) is 5.56 Å². The first-order chi connectivity index (χ1) is 14.0. The Morgan fingerprint density at radius 2 is 2.10 bits per heavy atom. The molecule has 0 radical (unpaired) electrons. The molecule has 0 bridgehead atoms. The van der Waals surface area contributed by atoms with Gasteiger partial charge >= 0.3 is 11.9 Å². The van der Waals surface area contributed by atoms with E-state index in [4.69, 9.17) is 4.42 Å². The number of nitrogens with one attached hydrogen (secondary N) is 1. The Morgan fingerprint density at radius 3 is 2.83 bits per heavy atom. The second-order valence-electron chi connectivity index (χ2n) is 7.03. The van der Waals surface area contributed by atoms with Crippen LogP contribution in [0.1, 0.15) is 61.1 Å². The highest BCUT2D eigenvalue weighted by Gasteiger charge is 2.27. The molecular weight excluding hydrogens is 390 g/mol. The van der Waals surface area contributed by atoms with Gasteiger partial charge < -0.3 is 14.1 Å². The molecule has 3 heterocycles. The summed E-state index contributed by atoms with van der Waals surface area (Å²) >= 11 is 1.57. The number of amides is 1. The third kappa shape index (κ3) is 3.51. The molecule has 3 aromatic heterocycles. The molecule has 1 aliphatic rings. The molecule has 0 unspecified atom stereocenters. The quantitative estimate of drug-likeness (QED) is 0.488. The molecule has 0 atom stereocenters. The summed E-state index contributed by atoms with van der Waals surface area (Å²) < 4.78 is 7.01. The first-order valence-electron chi connectivity index (χ1n) is 9.41. The van der Waals surface area contributed by atoms with E-state index in [2.05, 4.69) is 10.5 Å². The maximum atomic E-state index is 12.0. The Kier molecular flexibility index (Phi) is 5.10. The number of thiophene rings is 1. The van der Waals surface area contributed by atoms with Gasteiger partial charge in [-0.1, -0.05) is 0 Å². The Hall–Kier alpha value is -3.13. The number of aromatic nitrogens is 1. The summed E-state index contributed by atoms with van der Waals surface area (Å²) in [6.07, 6.45) is 6.87. The lowest BCUT2D eigenvalue weighted by molar-refractivity contribution is 0.0695. The Balaban J connectivity index is 1.66. The first kappa shape index (κ1) is 19.2. The van der Waals surface area contributed by atoms with Crippen LogP contribution in [0.2, 0.25) is 0 Å². The number of furan rings is 1. The molecule has 0 saturated carbocycles. The zero-order valence-corrected chi connectivity index (χ0v) is 17.0. The molecule has 0 aliphatic heterocycles. The van der Waals surface area contributed by atoms with Crippen LogP contribution in [0, 0.1) is 13.8 Å². The normalized spacial score (nSPS) is 13.6. The molecule has 0 saturated heterocycles. The van der Waals surface area contributed by atoms with Crippen molar-refractivity contribution < 1.29 is 19.1 Å². The van der Waals surface area contributed by atoms with Crippen LogP contribution in [0.15, 0.2) is 34.0 Å². The summed E-state index contributed by atoms with van der Waals surface area (Å²) in [5, 5.41) is 14.6. The number of carbonyl (C=O) groups is 2. The Bertz CT molecular complexity index is 1110. The van der Waals surface area contributed by atoms with Gasteiger partial charge in [-0.25, -0.2) is 10.2 Å². The predicted octanol–water partition coefficient (Wildman–Crippen LogP) is 4.09. The van der Waals surface area contributed by atoms with E-state index in [1.807, 2.05) is 24.5 Å². The van der Waals surface area contributed by atoms with Gasteiger partial charge in [-0.3, -0.25) is 4.79 Å². The van der Waals surface area contributed by atoms with Crippen molar-refractivity contribution in [2.24, 2.45) is 5.10 Å². The average molecular weight is 411 g/mol. The SMILES string of the molecule is Cc1cc(/C=N/NC(=O)c2ccco2)c(C)n1-c1sc2c(c1C(=O)O)CCCC2. The van der Waals surface area contributed by atoms with E-state index in [0.717, 1.165) is 53.2 Å². The van der Waals surface area contributed by atoms with Crippen molar-refractivity contribution in [3.63, 3.8) is 0 Å². The van der Waals surface area contributed by atoms with Crippen molar-refractivity contribution in [1.82, 2.24) is 9.99 Å². The highest BCUT2D eigenvalue weighted by Crippen LogP contribution is 2.38. The lowest BCUT2D eigenvalue weighted by Crippen LogP contribution is -2.16. The summed E-state index contributed by atoms with van der Waals surface area (Å²) in [6.45, 7) is 3.86. The summed E-state index contributed by atoms with van der Waals surface area (Å²) in [5.74, 6) is -1.13. The van der Waals surface area contributed by atoms with Crippen LogP contribution < -0.4 is 5.43 Å². The van der Waals surface area contributed by atoms with Crippen molar-refractivity contribution in [2.75, 3.05) is 0 Å². The minimum absolute atomic E-state index is 0.183. The van der Waals surface area contributed by atoms with Crippen LogP contribution in [-0.4, -0.2) is 27.8 Å². The minimum Gasteiger partial charge on any atom is -0.478 e. The predicted molar refractivity (Wildman–Crippen MR) is 110 cm³/mol. The topological polar surface area (TPSA) is 96.8 Å². The van der Waals surface area contributed by atoms with Crippen molar-refractivity contribution >= 4 is 29.4 Å². The molecule has 3 aromatic rings.